The average Bonchev–Trinajstić information content (AvgIpc) is 3.45. The number of allylic oxidation sites excluding steroid dienone is 8. The summed E-state index contributed by atoms with van der Waals surface area (Å²) in [5.41, 5.74) is 11.6. The topological polar surface area (TPSA) is 8.17 Å². The third kappa shape index (κ3) is 3.73. The number of benzene rings is 6. The Hall–Kier alpha value is -5.60. The van der Waals surface area contributed by atoms with Crippen molar-refractivity contribution in [2.45, 2.75) is 25.7 Å². The number of hydrogen-bond donors (Lipinski definition) is 0. The summed E-state index contributed by atoms with van der Waals surface area (Å²) in [4.78, 5) is 2.54. The molecule has 0 saturated carbocycles. The molecular weight excluding hydrogens is 569 g/mol. The van der Waals surface area contributed by atoms with E-state index in [9.17, 15) is 0 Å². The fourth-order valence-corrected chi connectivity index (χ4v) is 8.59. The molecule has 2 heteroatoms. The normalized spacial score (nSPS) is 17.5. The SMILES string of the molecule is CC1(C)c2ccccc2-n2c3ccc(N(C4=CC=C5C=CC=CC5C4)c4cc5ccccc5c5ccccc45)cc3c3cccc1c32. The monoisotopic (exact) mass is 602 g/mol. The van der Waals surface area contributed by atoms with Crippen LogP contribution in [0.5, 0.6) is 0 Å². The van der Waals surface area contributed by atoms with Crippen LogP contribution in [-0.4, -0.2) is 4.57 Å². The van der Waals surface area contributed by atoms with Crippen LogP contribution >= 0.6 is 0 Å². The summed E-state index contributed by atoms with van der Waals surface area (Å²) in [6.07, 6.45) is 14.6. The number of rotatable bonds is 3. The fourth-order valence-electron chi connectivity index (χ4n) is 8.59. The van der Waals surface area contributed by atoms with E-state index in [0.717, 1.165) is 6.42 Å². The van der Waals surface area contributed by atoms with Crippen molar-refractivity contribution in [1.29, 1.82) is 0 Å². The smallest absolute Gasteiger partial charge is 0.0582 e. The van der Waals surface area contributed by atoms with Crippen LogP contribution < -0.4 is 4.90 Å². The summed E-state index contributed by atoms with van der Waals surface area (Å²) in [7, 11) is 0. The number of anilines is 2. The van der Waals surface area contributed by atoms with E-state index in [4.69, 9.17) is 0 Å². The lowest BCUT2D eigenvalue weighted by molar-refractivity contribution is 0.630. The molecule has 10 rings (SSSR count). The van der Waals surface area contributed by atoms with Gasteiger partial charge in [-0.2, -0.15) is 0 Å². The molecule has 0 N–H and O–H groups in total. The highest BCUT2D eigenvalue weighted by molar-refractivity contribution is 6.15. The van der Waals surface area contributed by atoms with Crippen LogP contribution in [0.1, 0.15) is 31.4 Å². The molecule has 1 aromatic heterocycles. The molecule has 224 valence electrons. The maximum absolute atomic E-state index is 2.54. The first-order valence-electron chi connectivity index (χ1n) is 16.7. The van der Waals surface area contributed by atoms with Gasteiger partial charge >= 0.3 is 0 Å². The van der Waals surface area contributed by atoms with Gasteiger partial charge in [-0.1, -0.05) is 129 Å². The van der Waals surface area contributed by atoms with Gasteiger partial charge in [0.1, 0.15) is 0 Å². The molecule has 3 aliphatic rings. The number of hydrogen-bond acceptors (Lipinski definition) is 1. The van der Waals surface area contributed by atoms with Crippen LogP contribution in [0.2, 0.25) is 0 Å². The average molecular weight is 603 g/mol. The van der Waals surface area contributed by atoms with Crippen molar-refractivity contribution in [3.8, 4) is 5.69 Å². The molecule has 0 saturated heterocycles. The van der Waals surface area contributed by atoms with Crippen LogP contribution in [0.4, 0.5) is 11.4 Å². The van der Waals surface area contributed by atoms with Gasteiger partial charge in [-0.15, -0.1) is 0 Å². The van der Waals surface area contributed by atoms with Crippen LogP contribution in [-0.2, 0) is 5.41 Å². The second-order valence-electron chi connectivity index (χ2n) is 13.8. The van der Waals surface area contributed by atoms with E-state index in [0.29, 0.717) is 5.92 Å². The Morgan fingerprint density at radius 2 is 1.43 bits per heavy atom. The maximum Gasteiger partial charge on any atom is 0.0582 e. The van der Waals surface area contributed by atoms with E-state index in [1.54, 1.807) is 0 Å². The lowest BCUT2D eigenvalue weighted by atomic mass is 9.75. The van der Waals surface area contributed by atoms with Crippen molar-refractivity contribution in [1.82, 2.24) is 4.57 Å². The van der Waals surface area contributed by atoms with Crippen molar-refractivity contribution < 1.29 is 0 Å². The van der Waals surface area contributed by atoms with Crippen molar-refractivity contribution >= 4 is 54.7 Å². The highest BCUT2D eigenvalue weighted by Gasteiger charge is 2.35. The zero-order chi connectivity index (χ0) is 31.3. The van der Waals surface area contributed by atoms with Crippen LogP contribution in [0, 0.1) is 5.92 Å². The second-order valence-corrected chi connectivity index (χ2v) is 13.8. The van der Waals surface area contributed by atoms with Crippen molar-refractivity contribution in [3.05, 3.63) is 174 Å². The highest BCUT2D eigenvalue weighted by Crippen LogP contribution is 2.49. The van der Waals surface area contributed by atoms with Crippen molar-refractivity contribution in [2.75, 3.05) is 4.90 Å². The lowest BCUT2D eigenvalue weighted by Gasteiger charge is -2.34. The molecule has 2 nitrogen and oxygen atoms in total. The Balaban J connectivity index is 1.27. The van der Waals surface area contributed by atoms with Gasteiger partial charge in [0, 0.05) is 38.9 Å². The highest BCUT2D eigenvalue weighted by atomic mass is 15.2. The van der Waals surface area contributed by atoms with E-state index in [1.807, 2.05) is 0 Å². The molecule has 6 aromatic carbocycles. The van der Waals surface area contributed by atoms with Crippen LogP contribution in [0.15, 0.2) is 163 Å². The first-order valence-corrected chi connectivity index (χ1v) is 16.7. The molecule has 0 bridgehead atoms. The van der Waals surface area contributed by atoms with E-state index < -0.39 is 0 Å². The largest absolute Gasteiger partial charge is 0.314 e. The standard InChI is InChI=1S/C45H34N2/c1-45(2)39-19-9-10-21-42(39)47-41-25-24-33(28-38(41)37-18-11-20-40(45)44(37)47)46(32-23-22-29-12-3-4-13-30(29)26-32)43-27-31-14-5-6-15-34(31)35-16-7-8-17-36(35)43/h3-25,27-28,30H,26H2,1-2H3. The quantitative estimate of drug-likeness (QED) is 0.183. The third-order valence-electron chi connectivity index (χ3n) is 10.9. The van der Waals surface area contributed by atoms with E-state index >= 15 is 0 Å². The van der Waals surface area contributed by atoms with Crippen LogP contribution in [0.3, 0.4) is 0 Å². The summed E-state index contributed by atoms with van der Waals surface area (Å²) in [5.74, 6) is 0.371. The summed E-state index contributed by atoms with van der Waals surface area (Å²) >= 11 is 0. The molecule has 2 heterocycles. The summed E-state index contributed by atoms with van der Waals surface area (Å²) in [6.45, 7) is 4.73. The Kier molecular flexibility index (Phi) is 5.49. The number of fused-ring (bicyclic) bond motifs is 9. The second kappa shape index (κ2) is 9.70. The maximum atomic E-state index is 2.54. The molecule has 0 amide bonds. The summed E-state index contributed by atoms with van der Waals surface area (Å²) in [6, 6.07) is 43.1. The predicted octanol–water partition coefficient (Wildman–Crippen LogP) is 11.8. The predicted molar refractivity (Wildman–Crippen MR) is 199 cm³/mol. The van der Waals surface area contributed by atoms with Gasteiger partial charge in [0.15, 0.2) is 0 Å². The fraction of sp³-hybridized carbons (Fsp3) is 0.111. The van der Waals surface area contributed by atoms with Gasteiger partial charge in [-0.25, -0.2) is 0 Å². The van der Waals surface area contributed by atoms with Gasteiger partial charge in [0.2, 0.25) is 0 Å². The molecule has 0 fully saturated rings. The summed E-state index contributed by atoms with van der Waals surface area (Å²) in [5, 5.41) is 7.69. The Labute approximate surface area is 274 Å². The molecule has 47 heavy (non-hydrogen) atoms. The minimum Gasteiger partial charge on any atom is -0.314 e. The molecule has 7 aromatic rings. The minimum atomic E-state index is -0.0851. The zero-order valence-electron chi connectivity index (χ0n) is 26.6. The first kappa shape index (κ1) is 26.6. The van der Waals surface area contributed by atoms with Crippen LogP contribution in [0.25, 0.3) is 49.0 Å². The lowest BCUT2D eigenvalue weighted by Crippen LogP contribution is -2.26. The Morgan fingerprint density at radius 3 is 2.34 bits per heavy atom. The molecular formula is C45H34N2. The van der Waals surface area contributed by atoms with Gasteiger partial charge in [0.05, 0.1) is 22.4 Å². The zero-order valence-corrected chi connectivity index (χ0v) is 26.6. The number of nitrogens with zero attached hydrogens (tertiary/aromatic N) is 2. The van der Waals surface area contributed by atoms with Crippen molar-refractivity contribution in [2.24, 2.45) is 5.92 Å². The van der Waals surface area contributed by atoms with E-state index in [1.165, 1.54) is 82.8 Å². The molecule has 1 aliphatic heterocycles. The number of aromatic nitrogens is 1. The third-order valence-corrected chi connectivity index (χ3v) is 10.9. The Bertz CT molecular complexity index is 2590. The minimum absolute atomic E-state index is 0.0851. The molecule has 1 unspecified atom stereocenters. The molecule has 0 radical (unpaired) electrons. The van der Waals surface area contributed by atoms with E-state index in [2.05, 4.69) is 175 Å². The molecule has 1 atom stereocenters. The molecule has 2 aliphatic carbocycles. The summed E-state index contributed by atoms with van der Waals surface area (Å²) < 4.78 is 2.51. The van der Waals surface area contributed by atoms with Gasteiger partial charge < -0.3 is 9.47 Å². The first-order chi connectivity index (χ1) is 23.1. The molecule has 0 spiro atoms. The van der Waals surface area contributed by atoms with Gasteiger partial charge in [0.25, 0.3) is 0 Å². The number of para-hydroxylation sites is 2. The van der Waals surface area contributed by atoms with Gasteiger partial charge in [-0.05, 0) is 75.7 Å². The Morgan fingerprint density at radius 1 is 0.660 bits per heavy atom. The van der Waals surface area contributed by atoms with Gasteiger partial charge in [-0.3, -0.25) is 0 Å². The van der Waals surface area contributed by atoms with E-state index in [-0.39, 0.29) is 5.41 Å². The van der Waals surface area contributed by atoms with Crippen molar-refractivity contribution in [3.63, 3.8) is 0 Å².